The Balaban J connectivity index is 1.12. The second-order valence-electron chi connectivity index (χ2n) is 11.0. The number of nitrogens with zero attached hydrogens (tertiary/aromatic N) is 4. The van der Waals surface area contributed by atoms with Crippen molar-refractivity contribution in [3.05, 3.63) is 132 Å². The normalized spacial score (nSPS) is 15.7. The minimum absolute atomic E-state index is 0.000402. The first-order valence-electron chi connectivity index (χ1n) is 15.2. The topological polar surface area (TPSA) is 82.5 Å². The lowest BCUT2D eigenvalue weighted by Crippen LogP contribution is -2.49. The fourth-order valence-corrected chi connectivity index (χ4v) is 6.24. The number of amides is 2. The van der Waals surface area contributed by atoms with Crippen molar-refractivity contribution in [2.24, 2.45) is 4.99 Å². The van der Waals surface area contributed by atoms with E-state index in [1.54, 1.807) is 17.9 Å². The molecule has 9 heteroatoms. The molecule has 0 N–H and O–H groups in total. The van der Waals surface area contributed by atoms with Gasteiger partial charge in [-0.25, -0.2) is 4.99 Å². The largest absolute Gasteiger partial charge is 0.489 e. The Bertz CT molecular complexity index is 1770. The highest BCUT2D eigenvalue weighted by Gasteiger charge is 2.33. The summed E-state index contributed by atoms with van der Waals surface area (Å²) in [7, 11) is 0. The number of ketones is 1. The third-order valence-corrected chi connectivity index (χ3v) is 8.77. The first-order chi connectivity index (χ1) is 22.4. The molecule has 0 spiro atoms. The van der Waals surface area contributed by atoms with E-state index in [4.69, 9.17) is 9.73 Å². The molecule has 6 rings (SSSR count). The molecule has 46 heavy (non-hydrogen) atoms. The van der Waals surface area contributed by atoms with Gasteiger partial charge in [0.1, 0.15) is 18.1 Å². The molecular formula is C37H34N4O4S. The van der Waals surface area contributed by atoms with E-state index in [-0.39, 0.29) is 23.4 Å². The number of para-hydroxylation sites is 1. The highest BCUT2D eigenvalue weighted by molar-refractivity contribution is 8.14. The van der Waals surface area contributed by atoms with Crippen molar-refractivity contribution in [2.75, 3.05) is 41.7 Å². The lowest BCUT2D eigenvalue weighted by atomic mass is 10.1. The van der Waals surface area contributed by atoms with E-state index in [1.807, 2.05) is 114 Å². The zero-order valence-electron chi connectivity index (χ0n) is 25.5. The van der Waals surface area contributed by atoms with Gasteiger partial charge in [-0.05, 0) is 72.7 Å². The molecule has 232 valence electrons. The molecule has 0 saturated carbocycles. The van der Waals surface area contributed by atoms with Gasteiger partial charge in [0.25, 0.3) is 5.91 Å². The molecule has 4 aromatic carbocycles. The number of hydrogen-bond acceptors (Lipinski definition) is 7. The average Bonchev–Trinajstić information content (AvgIpc) is 3.41. The van der Waals surface area contributed by atoms with Gasteiger partial charge in [0.2, 0.25) is 5.91 Å². The van der Waals surface area contributed by atoms with Gasteiger partial charge in [-0.3, -0.25) is 19.3 Å². The van der Waals surface area contributed by atoms with Crippen LogP contribution in [0.2, 0.25) is 0 Å². The SMILES string of the molecule is CC(=O)c1ccc(N2CCN(C(=O)CSC3=NC(=Cc4cccc(OCc5ccccc5)c4)C(=O)N3c3ccccc3)CC2)cc1. The minimum Gasteiger partial charge on any atom is -0.489 e. The lowest BCUT2D eigenvalue weighted by Gasteiger charge is -2.36. The second kappa shape index (κ2) is 14.3. The van der Waals surface area contributed by atoms with Crippen molar-refractivity contribution in [3.8, 4) is 5.75 Å². The monoisotopic (exact) mass is 630 g/mol. The van der Waals surface area contributed by atoms with Crippen LogP contribution in [-0.4, -0.2) is 59.6 Å². The summed E-state index contributed by atoms with van der Waals surface area (Å²) in [4.78, 5) is 48.9. The van der Waals surface area contributed by atoms with Crippen LogP contribution >= 0.6 is 11.8 Å². The second-order valence-corrected chi connectivity index (χ2v) is 11.9. The third-order valence-electron chi connectivity index (χ3n) is 7.85. The molecule has 0 aromatic heterocycles. The quantitative estimate of drug-likeness (QED) is 0.160. The van der Waals surface area contributed by atoms with Gasteiger partial charge in [0.15, 0.2) is 11.0 Å². The van der Waals surface area contributed by atoms with Crippen LogP contribution < -0.4 is 14.5 Å². The Morgan fingerprint density at radius 2 is 1.52 bits per heavy atom. The molecule has 2 aliphatic heterocycles. The number of anilines is 2. The summed E-state index contributed by atoms with van der Waals surface area (Å²) in [5.41, 5.74) is 4.58. The molecule has 2 amide bonds. The van der Waals surface area contributed by atoms with E-state index in [0.717, 1.165) is 16.8 Å². The fraction of sp³-hybridized carbons (Fsp3) is 0.189. The molecule has 4 aromatic rings. The molecule has 8 nitrogen and oxygen atoms in total. The van der Waals surface area contributed by atoms with Gasteiger partial charge in [0.05, 0.1) is 11.4 Å². The van der Waals surface area contributed by atoms with Crippen LogP contribution in [-0.2, 0) is 16.2 Å². The number of thioether (sulfide) groups is 1. The van der Waals surface area contributed by atoms with Gasteiger partial charge in [-0.1, -0.05) is 72.4 Å². The first-order valence-corrected chi connectivity index (χ1v) is 16.2. The Kier molecular flexibility index (Phi) is 9.59. The lowest BCUT2D eigenvalue weighted by molar-refractivity contribution is -0.128. The number of rotatable bonds is 9. The van der Waals surface area contributed by atoms with E-state index in [9.17, 15) is 14.4 Å². The molecular weight excluding hydrogens is 596 g/mol. The van der Waals surface area contributed by atoms with Crippen LogP contribution in [0.25, 0.3) is 6.08 Å². The van der Waals surface area contributed by atoms with Gasteiger partial charge in [-0.2, -0.15) is 0 Å². The smallest absolute Gasteiger partial charge is 0.283 e. The minimum atomic E-state index is -0.249. The predicted molar refractivity (Wildman–Crippen MR) is 184 cm³/mol. The zero-order valence-corrected chi connectivity index (χ0v) is 26.4. The number of hydrogen-bond donors (Lipinski definition) is 0. The summed E-state index contributed by atoms with van der Waals surface area (Å²) in [6.45, 7) is 4.59. The number of ether oxygens (including phenoxy) is 1. The fourth-order valence-electron chi connectivity index (χ4n) is 5.33. The van der Waals surface area contributed by atoms with Gasteiger partial charge in [0, 0.05) is 37.4 Å². The Hall–Kier alpha value is -5.15. The molecule has 2 aliphatic rings. The van der Waals surface area contributed by atoms with E-state index in [1.165, 1.54) is 11.8 Å². The number of carbonyl (C=O) groups is 3. The molecule has 0 bridgehead atoms. The Labute approximate surface area is 273 Å². The molecule has 0 radical (unpaired) electrons. The van der Waals surface area contributed by atoms with Gasteiger partial charge in [-0.15, -0.1) is 0 Å². The van der Waals surface area contributed by atoms with Crippen LogP contribution in [0.3, 0.4) is 0 Å². The van der Waals surface area contributed by atoms with Crippen LogP contribution in [0.5, 0.6) is 5.75 Å². The van der Waals surface area contributed by atoms with Crippen molar-refractivity contribution in [2.45, 2.75) is 13.5 Å². The number of piperazine rings is 1. The summed E-state index contributed by atoms with van der Waals surface area (Å²) in [5, 5.41) is 0.469. The molecule has 0 atom stereocenters. The van der Waals surface area contributed by atoms with E-state index >= 15 is 0 Å². The van der Waals surface area contributed by atoms with E-state index < -0.39 is 0 Å². The van der Waals surface area contributed by atoms with Crippen molar-refractivity contribution in [1.29, 1.82) is 0 Å². The van der Waals surface area contributed by atoms with Gasteiger partial charge < -0.3 is 14.5 Å². The maximum atomic E-state index is 13.7. The molecule has 1 saturated heterocycles. The highest BCUT2D eigenvalue weighted by atomic mass is 32.2. The number of Topliss-reactive ketones (excluding diaryl/α,β-unsaturated/α-hetero) is 1. The van der Waals surface area contributed by atoms with Crippen LogP contribution in [0.15, 0.2) is 120 Å². The number of amidine groups is 1. The molecule has 0 aliphatic carbocycles. The summed E-state index contributed by atoms with van der Waals surface area (Å²) < 4.78 is 5.98. The van der Waals surface area contributed by atoms with Crippen molar-refractivity contribution < 1.29 is 19.1 Å². The summed E-state index contributed by atoms with van der Waals surface area (Å²) >= 11 is 1.27. The van der Waals surface area contributed by atoms with E-state index in [2.05, 4.69) is 4.90 Å². The van der Waals surface area contributed by atoms with Crippen molar-refractivity contribution in [1.82, 2.24) is 4.90 Å². The Morgan fingerprint density at radius 1 is 0.826 bits per heavy atom. The molecule has 0 unspecified atom stereocenters. The number of benzene rings is 4. The first kappa shape index (κ1) is 30.9. The van der Waals surface area contributed by atoms with E-state index in [0.29, 0.717) is 60.7 Å². The average molecular weight is 631 g/mol. The Morgan fingerprint density at radius 3 is 2.22 bits per heavy atom. The van der Waals surface area contributed by atoms with Crippen LogP contribution in [0.4, 0.5) is 11.4 Å². The number of carbonyl (C=O) groups excluding carboxylic acids is 3. The summed E-state index contributed by atoms with van der Waals surface area (Å²) in [6, 6.07) is 34.5. The highest BCUT2D eigenvalue weighted by Crippen LogP contribution is 2.30. The zero-order chi connectivity index (χ0) is 31.9. The van der Waals surface area contributed by atoms with Gasteiger partial charge >= 0.3 is 0 Å². The molecule has 2 heterocycles. The molecule has 1 fully saturated rings. The van der Waals surface area contributed by atoms with Crippen molar-refractivity contribution in [3.63, 3.8) is 0 Å². The maximum absolute atomic E-state index is 13.7. The predicted octanol–water partition coefficient (Wildman–Crippen LogP) is 6.29. The number of aliphatic imine (C=N–C) groups is 1. The summed E-state index contributed by atoms with van der Waals surface area (Å²) in [6.07, 6.45) is 1.76. The third kappa shape index (κ3) is 7.38. The van der Waals surface area contributed by atoms with Crippen LogP contribution in [0.1, 0.15) is 28.4 Å². The standard InChI is InChI=1S/C37H34N4O4S/c1-27(42)30-15-17-31(18-16-30)39-19-21-40(22-20-39)35(43)26-46-37-38-34(36(44)41(37)32-12-6-3-7-13-32)24-29-11-8-14-33(23-29)45-25-28-9-4-2-5-10-28/h2-18,23-24H,19-22,25-26H2,1H3. The summed E-state index contributed by atoms with van der Waals surface area (Å²) in [5.74, 6) is 0.654. The maximum Gasteiger partial charge on any atom is 0.283 e. The van der Waals surface area contributed by atoms with Crippen LogP contribution in [0, 0.1) is 0 Å². The van der Waals surface area contributed by atoms with Crippen molar-refractivity contribution >= 4 is 52.0 Å².